The molecular weight excluding hydrogens is 443 g/mol. The molecule has 33 heavy (non-hydrogen) atoms. The van der Waals surface area contributed by atoms with Crippen molar-refractivity contribution in [2.24, 2.45) is 0 Å². The van der Waals surface area contributed by atoms with Gasteiger partial charge in [0.2, 0.25) is 0 Å². The highest BCUT2D eigenvalue weighted by Gasteiger charge is 2.43. The maximum absolute atomic E-state index is 14.8. The highest BCUT2D eigenvalue weighted by molar-refractivity contribution is 7.80. The van der Waals surface area contributed by atoms with Crippen LogP contribution in [0.15, 0.2) is 89.5 Å². The Bertz CT molecular complexity index is 1340. The van der Waals surface area contributed by atoms with Gasteiger partial charge in [-0.05, 0) is 48.6 Å². The van der Waals surface area contributed by atoms with E-state index in [0.29, 0.717) is 27.9 Å². The van der Waals surface area contributed by atoms with E-state index in [1.54, 1.807) is 53.6 Å². The molecule has 0 bridgehead atoms. The van der Waals surface area contributed by atoms with Crippen LogP contribution in [-0.4, -0.2) is 15.0 Å². The van der Waals surface area contributed by atoms with Gasteiger partial charge in [-0.1, -0.05) is 30.3 Å². The van der Waals surface area contributed by atoms with Crippen molar-refractivity contribution in [3.05, 3.63) is 112 Å². The second kappa shape index (κ2) is 8.44. The van der Waals surface area contributed by atoms with E-state index in [1.165, 1.54) is 18.2 Å². The molecule has 2 aromatic heterocycles. The van der Waals surface area contributed by atoms with Gasteiger partial charge in [-0.3, -0.25) is 15.1 Å². The standard InChI is InChI=1S/C24H17FN4O3S/c25-17-8-1-2-10-19(17)28-23(22(27-24(28)33)18-9-3-4-13-26-18)21-12-11-20(32-21)15-6-5-7-16(14-15)29(30)31/h1-14,22-23H,(H,27,33)/t22-,23-/m0/s1. The molecule has 0 aliphatic carbocycles. The fraction of sp³-hybridized carbons (Fsp3) is 0.0833. The van der Waals surface area contributed by atoms with E-state index in [9.17, 15) is 14.5 Å². The summed E-state index contributed by atoms with van der Waals surface area (Å²) in [5.74, 6) is 0.557. The molecule has 2 atom stereocenters. The molecule has 1 aliphatic heterocycles. The molecule has 7 nitrogen and oxygen atoms in total. The van der Waals surface area contributed by atoms with Crippen molar-refractivity contribution in [3.63, 3.8) is 0 Å². The van der Waals surface area contributed by atoms with Gasteiger partial charge in [0.05, 0.1) is 22.3 Å². The van der Waals surface area contributed by atoms with Crippen LogP contribution in [0.25, 0.3) is 11.3 Å². The number of thiocarbonyl (C=S) groups is 1. The zero-order valence-electron chi connectivity index (χ0n) is 17.1. The first-order valence-electron chi connectivity index (χ1n) is 10.1. The molecule has 0 saturated carbocycles. The predicted molar refractivity (Wildman–Crippen MR) is 125 cm³/mol. The molecule has 9 heteroatoms. The van der Waals surface area contributed by atoms with Crippen LogP contribution in [0.2, 0.25) is 0 Å². The van der Waals surface area contributed by atoms with Crippen molar-refractivity contribution < 1.29 is 13.7 Å². The number of halogens is 1. The van der Waals surface area contributed by atoms with Gasteiger partial charge in [0.1, 0.15) is 23.4 Å². The van der Waals surface area contributed by atoms with Gasteiger partial charge in [-0.25, -0.2) is 4.39 Å². The normalized spacial score (nSPS) is 17.7. The summed E-state index contributed by atoms with van der Waals surface area (Å²) in [4.78, 5) is 16.9. The Kier molecular flexibility index (Phi) is 5.31. The molecule has 3 heterocycles. The van der Waals surface area contributed by atoms with E-state index in [-0.39, 0.29) is 5.69 Å². The number of non-ortho nitro benzene ring substituents is 1. The zero-order chi connectivity index (χ0) is 22.9. The summed E-state index contributed by atoms with van der Waals surface area (Å²) in [6, 6.07) is 20.7. The second-order valence-electron chi connectivity index (χ2n) is 7.46. The van der Waals surface area contributed by atoms with Crippen LogP contribution in [0.5, 0.6) is 0 Å². The number of benzene rings is 2. The molecule has 1 saturated heterocycles. The van der Waals surface area contributed by atoms with Crippen LogP contribution >= 0.6 is 12.2 Å². The van der Waals surface area contributed by atoms with Crippen molar-refractivity contribution in [3.8, 4) is 11.3 Å². The molecule has 1 aliphatic rings. The third kappa shape index (κ3) is 3.83. The third-order valence-electron chi connectivity index (χ3n) is 5.47. The number of para-hydroxylation sites is 1. The number of anilines is 1. The average molecular weight is 460 g/mol. The SMILES string of the molecule is O=[N+]([O-])c1cccc(-c2ccc([C@H]3[C@H](c4ccccn4)NC(=S)N3c3ccccc3F)o2)c1. The Morgan fingerprint density at radius 2 is 1.88 bits per heavy atom. The van der Waals surface area contributed by atoms with Crippen molar-refractivity contribution in [2.75, 3.05) is 4.90 Å². The van der Waals surface area contributed by atoms with E-state index < -0.39 is 22.8 Å². The van der Waals surface area contributed by atoms with Crippen molar-refractivity contribution in [1.29, 1.82) is 0 Å². The molecule has 1 N–H and O–H groups in total. The Morgan fingerprint density at radius 3 is 2.64 bits per heavy atom. The van der Waals surface area contributed by atoms with Gasteiger partial charge in [-0.15, -0.1) is 0 Å². The van der Waals surface area contributed by atoms with Crippen molar-refractivity contribution >= 4 is 28.7 Å². The number of nitro groups is 1. The third-order valence-corrected chi connectivity index (χ3v) is 5.78. The summed E-state index contributed by atoms with van der Waals surface area (Å²) in [6.45, 7) is 0. The summed E-state index contributed by atoms with van der Waals surface area (Å²) in [5, 5.41) is 14.8. The summed E-state index contributed by atoms with van der Waals surface area (Å²) in [6.07, 6.45) is 1.68. The van der Waals surface area contributed by atoms with Gasteiger partial charge in [-0.2, -0.15) is 0 Å². The maximum atomic E-state index is 14.8. The maximum Gasteiger partial charge on any atom is 0.270 e. The molecule has 0 amide bonds. The van der Waals surface area contributed by atoms with Gasteiger partial charge in [0.15, 0.2) is 5.11 Å². The molecule has 164 valence electrons. The van der Waals surface area contributed by atoms with Crippen molar-refractivity contribution in [1.82, 2.24) is 10.3 Å². The Labute approximate surface area is 193 Å². The molecule has 1 fully saturated rings. The number of hydrogen-bond acceptors (Lipinski definition) is 5. The van der Waals surface area contributed by atoms with Crippen LogP contribution in [0.3, 0.4) is 0 Å². The molecule has 4 aromatic rings. The number of nitro benzene ring substituents is 1. The number of furan rings is 1. The van der Waals surface area contributed by atoms with E-state index in [2.05, 4.69) is 10.3 Å². The van der Waals surface area contributed by atoms with Gasteiger partial charge in [0, 0.05) is 23.9 Å². The fourth-order valence-electron chi connectivity index (χ4n) is 3.99. The van der Waals surface area contributed by atoms with Crippen LogP contribution in [0, 0.1) is 15.9 Å². The molecule has 0 spiro atoms. The summed E-state index contributed by atoms with van der Waals surface area (Å²) < 4.78 is 21.0. The van der Waals surface area contributed by atoms with E-state index >= 15 is 0 Å². The Balaban J connectivity index is 1.60. The van der Waals surface area contributed by atoms with Gasteiger partial charge in [0.25, 0.3) is 5.69 Å². The second-order valence-corrected chi connectivity index (χ2v) is 7.84. The lowest BCUT2D eigenvalue weighted by Crippen LogP contribution is -2.30. The number of nitrogens with one attached hydrogen (secondary N) is 1. The Morgan fingerprint density at radius 1 is 1.06 bits per heavy atom. The lowest BCUT2D eigenvalue weighted by molar-refractivity contribution is -0.384. The summed E-state index contributed by atoms with van der Waals surface area (Å²) in [7, 11) is 0. The minimum atomic E-state index is -0.531. The van der Waals surface area contributed by atoms with E-state index in [0.717, 1.165) is 5.69 Å². The average Bonchev–Trinajstić information content (AvgIpc) is 3.45. The van der Waals surface area contributed by atoms with E-state index in [4.69, 9.17) is 16.6 Å². The molecule has 0 radical (unpaired) electrons. The minimum absolute atomic E-state index is 0.0338. The smallest absolute Gasteiger partial charge is 0.270 e. The molecule has 5 rings (SSSR count). The first-order valence-corrected chi connectivity index (χ1v) is 10.5. The van der Waals surface area contributed by atoms with Gasteiger partial charge >= 0.3 is 0 Å². The first-order chi connectivity index (χ1) is 16.0. The molecule has 2 aromatic carbocycles. The largest absolute Gasteiger partial charge is 0.459 e. The monoisotopic (exact) mass is 460 g/mol. The van der Waals surface area contributed by atoms with Gasteiger partial charge < -0.3 is 14.6 Å². The number of aromatic nitrogens is 1. The quantitative estimate of drug-likeness (QED) is 0.237. The molecular formula is C24H17FN4O3S. The number of rotatable bonds is 5. The summed E-state index contributed by atoms with van der Waals surface area (Å²) in [5.41, 5.74) is 1.56. The fourth-order valence-corrected chi connectivity index (χ4v) is 4.33. The topological polar surface area (TPSA) is 84.4 Å². The van der Waals surface area contributed by atoms with Crippen LogP contribution in [0.1, 0.15) is 23.5 Å². The van der Waals surface area contributed by atoms with Crippen LogP contribution < -0.4 is 10.2 Å². The van der Waals surface area contributed by atoms with Crippen LogP contribution in [-0.2, 0) is 0 Å². The zero-order valence-corrected chi connectivity index (χ0v) is 17.9. The highest BCUT2D eigenvalue weighted by Crippen LogP contribution is 2.43. The first kappa shape index (κ1) is 20.8. The number of pyridine rings is 1. The lowest BCUT2D eigenvalue weighted by Gasteiger charge is -2.26. The number of hydrogen-bond donors (Lipinski definition) is 1. The Hall–Kier alpha value is -4.11. The minimum Gasteiger partial charge on any atom is -0.459 e. The highest BCUT2D eigenvalue weighted by atomic mass is 32.1. The van der Waals surface area contributed by atoms with Crippen LogP contribution in [0.4, 0.5) is 15.8 Å². The predicted octanol–water partition coefficient (Wildman–Crippen LogP) is 5.57. The lowest BCUT2D eigenvalue weighted by atomic mass is 10.0. The van der Waals surface area contributed by atoms with E-state index in [1.807, 2.05) is 18.2 Å². The summed E-state index contributed by atoms with van der Waals surface area (Å²) >= 11 is 5.59. The molecule has 0 unspecified atom stereocenters. The number of nitrogens with zero attached hydrogens (tertiary/aromatic N) is 3. The van der Waals surface area contributed by atoms with Crippen molar-refractivity contribution in [2.45, 2.75) is 12.1 Å².